The van der Waals surface area contributed by atoms with Gasteiger partial charge in [-0.25, -0.2) is 0 Å². The second kappa shape index (κ2) is 6.49. The number of carbonyl (C=O) groups is 1. The highest BCUT2D eigenvalue weighted by molar-refractivity contribution is 5.94. The number of amides is 1. The molecule has 2 N–H and O–H groups in total. The molecule has 1 heterocycles. The summed E-state index contributed by atoms with van der Waals surface area (Å²) in [5, 5.41) is 12.9. The van der Waals surface area contributed by atoms with Crippen molar-refractivity contribution < 1.29 is 19.4 Å². The molecule has 0 aliphatic carbocycles. The standard InChI is InChI=1S/C17H17NO4/c19-14(11-18-17(20)12-4-2-1-3-5-12)13-6-7-15-16(10-13)22-9-8-21-15/h1-7,10,14,19H,8-9,11H2,(H,18,20)/t14-/m0/s1. The van der Waals surface area contributed by atoms with Gasteiger partial charge in [-0.1, -0.05) is 24.3 Å². The molecule has 5 heteroatoms. The molecule has 114 valence electrons. The molecule has 0 saturated carbocycles. The van der Waals surface area contributed by atoms with E-state index in [1.165, 1.54) is 0 Å². The lowest BCUT2D eigenvalue weighted by Crippen LogP contribution is -2.28. The Kier molecular flexibility index (Phi) is 4.25. The van der Waals surface area contributed by atoms with E-state index in [9.17, 15) is 9.90 Å². The van der Waals surface area contributed by atoms with E-state index in [0.29, 0.717) is 35.8 Å². The Hall–Kier alpha value is -2.53. The van der Waals surface area contributed by atoms with Crippen LogP contribution in [0.15, 0.2) is 48.5 Å². The maximum atomic E-state index is 11.9. The minimum atomic E-state index is -0.802. The highest BCUT2D eigenvalue weighted by atomic mass is 16.6. The van der Waals surface area contributed by atoms with Crippen LogP contribution in [0.1, 0.15) is 22.0 Å². The SMILES string of the molecule is O=C(NC[C@H](O)c1ccc2c(c1)OCCO2)c1ccccc1. The van der Waals surface area contributed by atoms with Crippen LogP contribution in [0, 0.1) is 0 Å². The Labute approximate surface area is 128 Å². The molecule has 0 unspecified atom stereocenters. The van der Waals surface area contributed by atoms with Crippen LogP contribution < -0.4 is 14.8 Å². The molecule has 22 heavy (non-hydrogen) atoms. The van der Waals surface area contributed by atoms with Crippen LogP contribution in [-0.2, 0) is 0 Å². The number of nitrogens with one attached hydrogen (secondary N) is 1. The van der Waals surface area contributed by atoms with Crippen LogP contribution in [0.4, 0.5) is 0 Å². The van der Waals surface area contributed by atoms with Crippen molar-refractivity contribution in [1.29, 1.82) is 0 Å². The maximum Gasteiger partial charge on any atom is 0.251 e. The highest BCUT2D eigenvalue weighted by Gasteiger charge is 2.16. The quantitative estimate of drug-likeness (QED) is 0.905. The van der Waals surface area contributed by atoms with Crippen LogP contribution in [0.25, 0.3) is 0 Å². The molecular weight excluding hydrogens is 282 g/mol. The number of hydrogen-bond donors (Lipinski definition) is 2. The van der Waals surface area contributed by atoms with Crippen molar-refractivity contribution in [2.45, 2.75) is 6.10 Å². The molecule has 0 aromatic heterocycles. The molecule has 1 amide bonds. The predicted octanol–water partition coefficient (Wildman–Crippen LogP) is 1.92. The number of ether oxygens (including phenoxy) is 2. The van der Waals surface area contributed by atoms with Gasteiger partial charge in [-0.3, -0.25) is 4.79 Å². The normalized spacial score (nSPS) is 14.2. The van der Waals surface area contributed by atoms with Gasteiger partial charge in [0.15, 0.2) is 11.5 Å². The zero-order valence-corrected chi connectivity index (χ0v) is 12.0. The first-order chi connectivity index (χ1) is 10.7. The van der Waals surface area contributed by atoms with Crippen molar-refractivity contribution >= 4 is 5.91 Å². The summed E-state index contributed by atoms with van der Waals surface area (Å²) in [7, 11) is 0. The third-order valence-electron chi connectivity index (χ3n) is 3.44. The zero-order valence-electron chi connectivity index (χ0n) is 12.0. The molecule has 3 rings (SSSR count). The molecule has 0 radical (unpaired) electrons. The second-order valence-electron chi connectivity index (χ2n) is 4.99. The van der Waals surface area contributed by atoms with Crippen molar-refractivity contribution in [2.75, 3.05) is 19.8 Å². The van der Waals surface area contributed by atoms with Crippen molar-refractivity contribution in [1.82, 2.24) is 5.32 Å². The van der Waals surface area contributed by atoms with Crippen LogP contribution >= 0.6 is 0 Å². The average Bonchev–Trinajstić information content (AvgIpc) is 2.59. The van der Waals surface area contributed by atoms with Gasteiger partial charge >= 0.3 is 0 Å². The van der Waals surface area contributed by atoms with Gasteiger partial charge in [0, 0.05) is 12.1 Å². The lowest BCUT2D eigenvalue weighted by atomic mass is 10.1. The maximum absolute atomic E-state index is 11.9. The minimum Gasteiger partial charge on any atom is -0.486 e. The molecule has 0 bridgehead atoms. The molecule has 0 saturated heterocycles. The minimum absolute atomic E-state index is 0.132. The monoisotopic (exact) mass is 299 g/mol. The van der Waals surface area contributed by atoms with Crippen molar-refractivity contribution in [3.8, 4) is 11.5 Å². The largest absolute Gasteiger partial charge is 0.486 e. The van der Waals surface area contributed by atoms with E-state index in [1.54, 1.807) is 42.5 Å². The van der Waals surface area contributed by atoms with Crippen molar-refractivity contribution in [2.24, 2.45) is 0 Å². The zero-order chi connectivity index (χ0) is 15.4. The van der Waals surface area contributed by atoms with Gasteiger partial charge in [0.25, 0.3) is 5.91 Å². The summed E-state index contributed by atoms with van der Waals surface area (Å²) in [6, 6.07) is 14.2. The molecule has 1 aliphatic heterocycles. The van der Waals surface area contributed by atoms with Crippen molar-refractivity contribution in [3.63, 3.8) is 0 Å². The van der Waals surface area contributed by atoms with Crippen LogP contribution in [0.3, 0.4) is 0 Å². The van der Waals surface area contributed by atoms with E-state index in [0.717, 1.165) is 0 Å². The number of benzene rings is 2. The molecule has 1 aliphatic rings. The smallest absolute Gasteiger partial charge is 0.251 e. The Balaban J connectivity index is 1.62. The summed E-state index contributed by atoms with van der Waals surface area (Å²) < 4.78 is 10.9. The highest BCUT2D eigenvalue weighted by Crippen LogP contribution is 2.32. The molecule has 2 aromatic carbocycles. The molecule has 1 atom stereocenters. The van der Waals surface area contributed by atoms with Crippen molar-refractivity contribution in [3.05, 3.63) is 59.7 Å². The van der Waals surface area contributed by atoms with Gasteiger partial charge in [-0.15, -0.1) is 0 Å². The molecule has 2 aromatic rings. The van der Waals surface area contributed by atoms with Crippen LogP contribution in [-0.4, -0.2) is 30.8 Å². The van der Waals surface area contributed by atoms with Crippen LogP contribution in [0.5, 0.6) is 11.5 Å². The van der Waals surface area contributed by atoms with Gasteiger partial charge in [0.05, 0.1) is 6.10 Å². The second-order valence-corrected chi connectivity index (χ2v) is 4.99. The molecule has 0 fully saturated rings. The Morgan fingerprint density at radius 1 is 1.09 bits per heavy atom. The number of aliphatic hydroxyl groups is 1. The van der Waals surface area contributed by atoms with Gasteiger partial charge in [-0.2, -0.15) is 0 Å². The van der Waals surface area contributed by atoms with E-state index < -0.39 is 6.10 Å². The topological polar surface area (TPSA) is 67.8 Å². The van der Waals surface area contributed by atoms with Gasteiger partial charge in [-0.05, 0) is 29.8 Å². The number of aliphatic hydroxyl groups excluding tert-OH is 1. The Bertz CT molecular complexity index is 657. The van der Waals surface area contributed by atoms with E-state index >= 15 is 0 Å². The third-order valence-corrected chi connectivity index (χ3v) is 3.44. The van der Waals surface area contributed by atoms with Gasteiger partial charge < -0.3 is 19.9 Å². The van der Waals surface area contributed by atoms with E-state index in [1.807, 2.05) is 6.07 Å². The number of carbonyl (C=O) groups excluding carboxylic acids is 1. The predicted molar refractivity (Wildman–Crippen MR) is 81.2 cm³/mol. The summed E-state index contributed by atoms with van der Waals surface area (Å²) in [6.07, 6.45) is -0.802. The van der Waals surface area contributed by atoms with Crippen LogP contribution in [0.2, 0.25) is 0 Å². The third kappa shape index (κ3) is 3.20. The Morgan fingerprint density at radius 3 is 2.59 bits per heavy atom. The number of fused-ring (bicyclic) bond motifs is 1. The fourth-order valence-corrected chi connectivity index (χ4v) is 2.27. The Morgan fingerprint density at radius 2 is 1.82 bits per heavy atom. The molecule has 0 spiro atoms. The first-order valence-corrected chi connectivity index (χ1v) is 7.15. The lowest BCUT2D eigenvalue weighted by molar-refractivity contribution is 0.0916. The van der Waals surface area contributed by atoms with Gasteiger partial charge in [0.1, 0.15) is 13.2 Å². The number of rotatable bonds is 4. The number of hydrogen-bond acceptors (Lipinski definition) is 4. The fraction of sp³-hybridized carbons (Fsp3) is 0.235. The molecule has 5 nitrogen and oxygen atoms in total. The summed E-state index contributed by atoms with van der Waals surface area (Å²) in [4.78, 5) is 11.9. The first-order valence-electron chi connectivity index (χ1n) is 7.15. The van der Waals surface area contributed by atoms with E-state index in [4.69, 9.17) is 9.47 Å². The first kappa shape index (κ1) is 14.4. The summed E-state index contributed by atoms with van der Waals surface area (Å²) >= 11 is 0. The summed E-state index contributed by atoms with van der Waals surface area (Å²) in [5.41, 5.74) is 1.24. The van der Waals surface area contributed by atoms with E-state index in [-0.39, 0.29) is 12.5 Å². The lowest BCUT2D eigenvalue weighted by Gasteiger charge is -2.20. The van der Waals surface area contributed by atoms with Gasteiger partial charge in [0.2, 0.25) is 0 Å². The molecular formula is C17H17NO4. The summed E-state index contributed by atoms with van der Waals surface area (Å²) in [6.45, 7) is 1.16. The van der Waals surface area contributed by atoms with E-state index in [2.05, 4.69) is 5.32 Å². The summed E-state index contributed by atoms with van der Waals surface area (Å²) in [5.74, 6) is 1.09. The average molecular weight is 299 g/mol. The fourth-order valence-electron chi connectivity index (χ4n) is 2.27.